The van der Waals surface area contributed by atoms with Crippen molar-refractivity contribution in [3.8, 4) is 0 Å². The molecule has 1 atom stereocenters. The molecule has 0 spiro atoms. The lowest BCUT2D eigenvalue weighted by atomic mass is 9.97. The molecular formula is C15H15ClN2OS. The standard InChI is InChI=1S/C15H15ClN2OS/c16-14-6-5-11(20-14)9-18-15(19)7-10-8-17-13-4-2-1-3-12(10)13/h1-6,10,17H,7-9H2,(H,18,19). The molecule has 1 unspecified atom stereocenters. The van der Waals surface area contributed by atoms with Crippen LogP contribution in [0.1, 0.15) is 22.8 Å². The van der Waals surface area contributed by atoms with Gasteiger partial charge < -0.3 is 10.6 Å². The van der Waals surface area contributed by atoms with Crippen molar-refractivity contribution in [1.29, 1.82) is 0 Å². The molecule has 0 aliphatic carbocycles. The summed E-state index contributed by atoms with van der Waals surface area (Å²) >= 11 is 7.37. The summed E-state index contributed by atoms with van der Waals surface area (Å²) in [5, 5.41) is 6.29. The number of rotatable bonds is 4. The number of benzene rings is 1. The Morgan fingerprint density at radius 1 is 1.35 bits per heavy atom. The lowest BCUT2D eigenvalue weighted by Gasteiger charge is -2.10. The average molecular weight is 307 g/mol. The van der Waals surface area contributed by atoms with Crippen LogP contribution in [-0.4, -0.2) is 12.5 Å². The lowest BCUT2D eigenvalue weighted by Crippen LogP contribution is -2.24. The Labute approximate surface area is 127 Å². The molecule has 2 aromatic rings. The van der Waals surface area contributed by atoms with Gasteiger partial charge in [0, 0.05) is 29.4 Å². The van der Waals surface area contributed by atoms with Gasteiger partial charge in [-0.3, -0.25) is 4.79 Å². The number of halogens is 1. The zero-order chi connectivity index (χ0) is 13.9. The van der Waals surface area contributed by atoms with Gasteiger partial charge in [-0.25, -0.2) is 0 Å². The summed E-state index contributed by atoms with van der Waals surface area (Å²) in [5.41, 5.74) is 2.39. The van der Waals surface area contributed by atoms with Crippen molar-refractivity contribution in [2.45, 2.75) is 18.9 Å². The first-order chi connectivity index (χ1) is 9.72. The van der Waals surface area contributed by atoms with E-state index >= 15 is 0 Å². The summed E-state index contributed by atoms with van der Waals surface area (Å²) in [5.74, 6) is 0.344. The highest BCUT2D eigenvalue weighted by Gasteiger charge is 2.23. The quantitative estimate of drug-likeness (QED) is 0.906. The second kappa shape index (κ2) is 5.85. The zero-order valence-electron chi connectivity index (χ0n) is 10.9. The van der Waals surface area contributed by atoms with E-state index in [9.17, 15) is 4.79 Å². The van der Waals surface area contributed by atoms with Gasteiger partial charge in [0.15, 0.2) is 0 Å². The normalized spacial score (nSPS) is 16.6. The molecule has 1 aromatic heterocycles. The second-order valence-corrected chi connectivity index (χ2v) is 6.65. The number of nitrogens with one attached hydrogen (secondary N) is 2. The monoisotopic (exact) mass is 306 g/mol. The molecular weight excluding hydrogens is 292 g/mol. The van der Waals surface area contributed by atoms with Gasteiger partial charge in [0.25, 0.3) is 0 Å². The number of carbonyl (C=O) groups excluding carboxylic acids is 1. The molecule has 2 heterocycles. The van der Waals surface area contributed by atoms with Crippen molar-refractivity contribution in [3.63, 3.8) is 0 Å². The third kappa shape index (κ3) is 2.97. The Morgan fingerprint density at radius 2 is 2.20 bits per heavy atom. The topological polar surface area (TPSA) is 41.1 Å². The predicted molar refractivity (Wildman–Crippen MR) is 83.5 cm³/mol. The van der Waals surface area contributed by atoms with Crippen LogP contribution in [-0.2, 0) is 11.3 Å². The van der Waals surface area contributed by atoms with E-state index < -0.39 is 0 Å². The number of para-hydroxylation sites is 1. The molecule has 0 saturated carbocycles. The molecule has 0 fully saturated rings. The van der Waals surface area contributed by atoms with Crippen molar-refractivity contribution < 1.29 is 4.79 Å². The van der Waals surface area contributed by atoms with E-state index in [0.717, 1.165) is 21.4 Å². The van der Waals surface area contributed by atoms with Crippen LogP contribution in [0.2, 0.25) is 4.34 Å². The minimum Gasteiger partial charge on any atom is -0.384 e. The molecule has 0 radical (unpaired) electrons. The van der Waals surface area contributed by atoms with Gasteiger partial charge in [-0.2, -0.15) is 0 Å². The predicted octanol–water partition coefficient (Wildman–Crippen LogP) is 3.62. The largest absolute Gasteiger partial charge is 0.384 e. The van der Waals surface area contributed by atoms with Crippen molar-refractivity contribution in [2.24, 2.45) is 0 Å². The molecule has 1 aliphatic rings. The van der Waals surface area contributed by atoms with E-state index in [1.54, 1.807) is 0 Å². The van der Waals surface area contributed by atoms with Gasteiger partial charge in [0.2, 0.25) is 5.91 Å². The molecule has 5 heteroatoms. The molecule has 3 nitrogen and oxygen atoms in total. The van der Waals surface area contributed by atoms with Crippen molar-refractivity contribution in [3.05, 3.63) is 51.2 Å². The van der Waals surface area contributed by atoms with E-state index in [4.69, 9.17) is 11.6 Å². The smallest absolute Gasteiger partial charge is 0.220 e. The maximum atomic E-state index is 12.0. The Balaban J connectivity index is 1.55. The van der Waals surface area contributed by atoms with Crippen LogP contribution in [0.3, 0.4) is 0 Å². The number of carbonyl (C=O) groups is 1. The minimum atomic E-state index is 0.0815. The Kier molecular flexibility index (Phi) is 3.94. The van der Waals surface area contributed by atoms with E-state index in [-0.39, 0.29) is 11.8 Å². The Hall–Kier alpha value is -1.52. The van der Waals surface area contributed by atoms with Gasteiger partial charge in [-0.1, -0.05) is 29.8 Å². The van der Waals surface area contributed by atoms with Gasteiger partial charge >= 0.3 is 0 Å². The fourth-order valence-electron chi connectivity index (χ4n) is 2.47. The molecule has 104 valence electrons. The molecule has 3 rings (SSSR count). The van der Waals surface area contributed by atoms with E-state index in [1.807, 2.05) is 24.3 Å². The zero-order valence-corrected chi connectivity index (χ0v) is 12.4. The number of fused-ring (bicyclic) bond motifs is 1. The van der Waals surface area contributed by atoms with Crippen LogP contribution in [0.4, 0.5) is 5.69 Å². The number of amides is 1. The first-order valence-electron chi connectivity index (χ1n) is 6.56. The summed E-state index contributed by atoms with van der Waals surface area (Å²) in [7, 11) is 0. The van der Waals surface area contributed by atoms with Crippen LogP contribution in [0.5, 0.6) is 0 Å². The summed E-state index contributed by atoms with van der Waals surface area (Å²) in [6.45, 7) is 1.38. The lowest BCUT2D eigenvalue weighted by molar-refractivity contribution is -0.121. The summed E-state index contributed by atoms with van der Waals surface area (Å²) < 4.78 is 0.753. The molecule has 20 heavy (non-hydrogen) atoms. The summed E-state index contributed by atoms with van der Waals surface area (Å²) in [4.78, 5) is 13.1. The van der Waals surface area contributed by atoms with Gasteiger partial charge in [-0.05, 0) is 23.8 Å². The average Bonchev–Trinajstić information content (AvgIpc) is 3.04. The van der Waals surface area contributed by atoms with Crippen molar-refractivity contribution in [1.82, 2.24) is 5.32 Å². The Morgan fingerprint density at radius 3 is 3.00 bits per heavy atom. The SMILES string of the molecule is O=C(CC1CNc2ccccc21)NCc1ccc(Cl)s1. The highest BCUT2D eigenvalue weighted by Crippen LogP contribution is 2.33. The molecule has 0 bridgehead atoms. The first kappa shape index (κ1) is 13.5. The second-order valence-electron chi connectivity index (χ2n) is 4.85. The number of anilines is 1. The van der Waals surface area contributed by atoms with Crippen LogP contribution in [0.15, 0.2) is 36.4 Å². The Bertz CT molecular complexity index is 626. The third-order valence-corrected chi connectivity index (χ3v) is 4.69. The molecule has 1 amide bonds. The highest BCUT2D eigenvalue weighted by atomic mass is 35.5. The van der Waals surface area contributed by atoms with Crippen LogP contribution >= 0.6 is 22.9 Å². The molecule has 1 aromatic carbocycles. The van der Waals surface area contributed by atoms with Gasteiger partial charge in [0.1, 0.15) is 0 Å². The maximum absolute atomic E-state index is 12.0. The molecule has 0 saturated heterocycles. The summed E-state index contributed by atoms with van der Waals surface area (Å²) in [6.07, 6.45) is 0.517. The van der Waals surface area contributed by atoms with E-state index in [2.05, 4.69) is 22.8 Å². The van der Waals surface area contributed by atoms with Crippen LogP contribution in [0, 0.1) is 0 Å². The van der Waals surface area contributed by atoms with Gasteiger partial charge in [-0.15, -0.1) is 11.3 Å². The number of hydrogen-bond acceptors (Lipinski definition) is 3. The first-order valence-corrected chi connectivity index (χ1v) is 7.75. The van der Waals surface area contributed by atoms with Gasteiger partial charge in [0.05, 0.1) is 10.9 Å². The van der Waals surface area contributed by atoms with Crippen molar-refractivity contribution >= 4 is 34.5 Å². The molecule has 1 aliphatic heterocycles. The van der Waals surface area contributed by atoms with E-state index in [1.165, 1.54) is 16.9 Å². The van der Waals surface area contributed by atoms with Crippen molar-refractivity contribution in [2.75, 3.05) is 11.9 Å². The highest BCUT2D eigenvalue weighted by molar-refractivity contribution is 7.16. The third-order valence-electron chi connectivity index (χ3n) is 3.46. The fraction of sp³-hybridized carbons (Fsp3) is 0.267. The van der Waals surface area contributed by atoms with Crippen LogP contribution in [0.25, 0.3) is 0 Å². The van der Waals surface area contributed by atoms with E-state index in [0.29, 0.717) is 13.0 Å². The maximum Gasteiger partial charge on any atom is 0.220 e. The number of hydrogen-bond donors (Lipinski definition) is 2. The molecule has 2 N–H and O–H groups in total. The fourth-order valence-corrected chi connectivity index (χ4v) is 3.49. The summed E-state index contributed by atoms with van der Waals surface area (Å²) in [6, 6.07) is 12.0. The minimum absolute atomic E-state index is 0.0815. The number of thiophene rings is 1. The van der Waals surface area contributed by atoms with Crippen LogP contribution < -0.4 is 10.6 Å².